The molecule has 0 bridgehead atoms. The molecule has 2 aromatic carbocycles. The third-order valence-corrected chi connectivity index (χ3v) is 5.44. The lowest BCUT2D eigenvalue weighted by atomic mass is 10.0. The van der Waals surface area contributed by atoms with Gasteiger partial charge in [0.1, 0.15) is 6.04 Å². The summed E-state index contributed by atoms with van der Waals surface area (Å²) in [7, 11) is 0. The second kappa shape index (κ2) is 7.98. The molecule has 2 aliphatic heterocycles. The van der Waals surface area contributed by atoms with E-state index in [0.29, 0.717) is 24.2 Å². The van der Waals surface area contributed by atoms with Crippen molar-refractivity contribution in [1.29, 1.82) is 0 Å². The van der Waals surface area contributed by atoms with Crippen LogP contribution < -0.4 is 15.7 Å². The van der Waals surface area contributed by atoms with Gasteiger partial charge in [-0.1, -0.05) is 36.4 Å². The Bertz CT molecular complexity index is 1020. The molecule has 2 heterocycles. The van der Waals surface area contributed by atoms with Crippen LogP contribution >= 0.6 is 0 Å². The van der Waals surface area contributed by atoms with E-state index in [2.05, 4.69) is 10.6 Å². The Morgan fingerprint density at radius 3 is 2.57 bits per heavy atom. The third-order valence-electron chi connectivity index (χ3n) is 5.44. The molecule has 1 saturated heterocycles. The summed E-state index contributed by atoms with van der Waals surface area (Å²) in [6, 6.07) is 13.5. The van der Waals surface area contributed by atoms with Gasteiger partial charge in [-0.25, -0.2) is 0 Å². The van der Waals surface area contributed by atoms with E-state index in [1.807, 2.05) is 36.4 Å². The molecule has 2 N–H and O–H groups in total. The maximum absolute atomic E-state index is 13.2. The summed E-state index contributed by atoms with van der Waals surface area (Å²) in [4.78, 5) is 50.1. The number of nitrogens with zero attached hydrogens (tertiary/aromatic N) is 1. The van der Waals surface area contributed by atoms with Crippen molar-refractivity contribution >= 4 is 29.4 Å². The molecule has 4 rings (SSSR count). The number of amides is 3. The first kappa shape index (κ1) is 19.6. The van der Waals surface area contributed by atoms with Gasteiger partial charge >= 0.3 is 0 Å². The smallest absolute Gasteiger partial charge is 0.256 e. The highest BCUT2D eigenvalue weighted by Gasteiger charge is 2.45. The summed E-state index contributed by atoms with van der Waals surface area (Å²) in [6.07, 6.45) is -0.220. The normalized spacial score (nSPS) is 20.1. The number of nitrogens with one attached hydrogen (secondary N) is 2. The predicted molar refractivity (Wildman–Crippen MR) is 106 cm³/mol. The highest BCUT2D eigenvalue weighted by atomic mass is 16.4. The molecule has 0 spiro atoms. The number of hydrogen-bond acceptors (Lipinski definition) is 5. The van der Waals surface area contributed by atoms with Crippen LogP contribution in [0.5, 0.6) is 0 Å². The van der Waals surface area contributed by atoms with Crippen LogP contribution in [0.4, 0.5) is 5.69 Å². The molecule has 0 unspecified atom stereocenters. The van der Waals surface area contributed by atoms with Crippen molar-refractivity contribution in [3.8, 4) is 11.1 Å². The van der Waals surface area contributed by atoms with Gasteiger partial charge in [-0.15, -0.1) is 0 Å². The van der Waals surface area contributed by atoms with Gasteiger partial charge in [0, 0.05) is 18.9 Å². The summed E-state index contributed by atoms with van der Waals surface area (Å²) in [6.45, 7) is 0.317. The SMILES string of the molecule is O=C([O-])CCC(=O)N[C@H]1CCN2C(=O)c3cc(-c4ccccc4)ccc3NC(=O)[C@H]12. The van der Waals surface area contributed by atoms with Crippen LogP contribution in [0, 0.1) is 0 Å². The summed E-state index contributed by atoms with van der Waals surface area (Å²) in [5.74, 6) is -2.46. The lowest BCUT2D eigenvalue weighted by Crippen LogP contribution is -2.51. The zero-order valence-corrected chi connectivity index (χ0v) is 16.1. The van der Waals surface area contributed by atoms with Crippen molar-refractivity contribution in [3.05, 3.63) is 54.1 Å². The molecule has 30 heavy (non-hydrogen) atoms. The van der Waals surface area contributed by atoms with Crippen molar-refractivity contribution in [2.24, 2.45) is 0 Å². The van der Waals surface area contributed by atoms with Gasteiger partial charge in [0.05, 0.1) is 17.3 Å². The van der Waals surface area contributed by atoms with Gasteiger partial charge < -0.3 is 25.4 Å². The standard InChI is InChI=1S/C22H21N3O5/c26-18(8-9-19(27)28)23-17-10-11-25-20(17)21(29)24-16-7-6-14(12-15(16)22(25)30)13-4-2-1-3-5-13/h1-7,12,17,20H,8-11H2,(H,23,26)(H,24,29)(H,27,28)/p-1/t17-,20-/m0/s1. The van der Waals surface area contributed by atoms with Crippen molar-refractivity contribution in [2.45, 2.75) is 31.3 Å². The Hall–Kier alpha value is -3.68. The van der Waals surface area contributed by atoms with Gasteiger partial charge in [-0.05, 0) is 36.1 Å². The highest BCUT2D eigenvalue weighted by molar-refractivity contribution is 6.11. The predicted octanol–water partition coefficient (Wildman–Crippen LogP) is 0.535. The number of benzene rings is 2. The Morgan fingerprint density at radius 1 is 1.07 bits per heavy atom. The van der Waals surface area contributed by atoms with Crippen LogP contribution in [0.2, 0.25) is 0 Å². The molecule has 0 aromatic heterocycles. The maximum Gasteiger partial charge on any atom is 0.256 e. The van der Waals surface area contributed by atoms with E-state index in [9.17, 15) is 24.3 Å². The molecule has 8 nitrogen and oxygen atoms in total. The van der Waals surface area contributed by atoms with Gasteiger partial charge in [0.25, 0.3) is 5.91 Å². The quantitative estimate of drug-likeness (QED) is 0.751. The van der Waals surface area contributed by atoms with E-state index >= 15 is 0 Å². The fraction of sp³-hybridized carbons (Fsp3) is 0.273. The molecule has 8 heteroatoms. The molecule has 154 valence electrons. The summed E-state index contributed by atoms with van der Waals surface area (Å²) in [5, 5.41) is 16.0. The van der Waals surface area contributed by atoms with Crippen LogP contribution in [0.15, 0.2) is 48.5 Å². The van der Waals surface area contributed by atoms with Gasteiger partial charge in [-0.2, -0.15) is 0 Å². The van der Waals surface area contributed by atoms with Crippen LogP contribution in [-0.4, -0.2) is 47.2 Å². The first-order valence-corrected chi connectivity index (χ1v) is 9.74. The first-order chi connectivity index (χ1) is 14.4. The summed E-state index contributed by atoms with van der Waals surface area (Å²) >= 11 is 0. The van der Waals surface area contributed by atoms with E-state index < -0.39 is 30.4 Å². The molecular weight excluding hydrogens is 386 g/mol. The number of anilines is 1. The van der Waals surface area contributed by atoms with Crippen molar-refractivity contribution < 1.29 is 24.3 Å². The van der Waals surface area contributed by atoms with Gasteiger partial charge in [-0.3, -0.25) is 14.4 Å². The Morgan fingerprint density at radius 2 is 1.83 bits per heavy atom. The highest BCUT2D eigenvalue weighted by Crippen LogP contribution is 2.32. The van der Waals surface area contributed by atoms with Gasteiger partial charge in [0.15, 0.2) is 0 Å². The lowest BCUT2D eigenvalue weighted by Gasteiger charge is -2.25. The minimum absolute atomic E-state index is 0.234. The number of hydrogen-bond donors (Lipinski definition) is 2. The minimum atomic E-state index is -1.31. The van der Waals surface area contributed by atoms with E-state index in [1.165, 1.54) is 4.90 Å². The number of carboxylic acids is 1. The Balaban J connectivity index is 1.58. The summed E-state index contributed by atoms with van der Waals surface area (Å²) < 4.78 is 0. The molecule has 2 aromatic rings. The molecule has 2 atom stereocenters. The number of carboxylic acid groups (broad SMARTS) is 1. The average molecular weight is 406 g/mol. The van der Waals surface area contributed by atoms with E-state index in [4.69, 9.17) is 0 Å². The number of carbonyl (C=O) groups excluding carboxylic acids is 4. The number of carbonyl (C=O) groups is 4. The molecular formula is C22H20N3O5-. The van der Waals surface area contributed by atoms with E-state index in [0.717, 1.165) is 11.1 Å². The molecule has 0 saturated carbocycles. The molecule has 0 aliphatic carbocycles. The molecule has 0 radical (unpaired) electrons. The van der Waals surface area contributed by atoms with Crippen LogP contribution in [-0.2, 0) is 14.4 Å². The number of rotatable bonds is 5. The maximum atomic E-state index is 13.2. The summed E-state index contributed by atoms with van der Waals surface area (Å²) in [5.41, 5.74) is 2.65. The van der Waals surface area contributed by atoms with Crippen molar-refractivity contribution in [1.82, 2.24) is 10.2 Å². The third kappa shape index (κ3) is 3.76. The molecule has 1 fully saturated rings. The molecule has 3 amide bonds. The number of aliphatic carboxylic acids is 1. The molecule has 2 aliphatic rings. The largest absolute Gasteiger partial charge is 0.550 e. The topological polar surface area (TPSA) is 119 Å². The van der Waals surface area contributed by atoms with Crippen molar-refractivity contribution in [3.63, 3.8) is 0 Å². The fourth-order valence-electron chi connectivity index (χ4n) is 3.99. The van der Waals surface area contributed by atoms with Crippen LogP contribution in [0.1, 0.15) is 29.6 Å². The van der Waals surface area contributed by atoms with E-state index in [1.54, 1.807) is 12.1 Å². The monoisotopic (exact) mass is 406 g/mol. The van der Waals surface area contributed by atoms with Gasteiger partial charge in [0.2, 0.25) is 11.8 Å². The Kier molecular flexibility index (Phi) is 5.22. The second-order valence-electron chi connectivity index (χ2n) is 7.39. The lowest BCUT2D eigenvalue weighted by molar-refractivity contribution is -0.305. The minimum Gasteiger partial charge on any atom is -0.550 e. The van der Waals surface area contributed by atoms with Crippen LogP contribution in [0.3, 0.4) is 0 Å². The zero-order valence-electron chi connectivity index (χ0n) is 16.1. The second-order valence-corrected chi connectivity index (χ2v) is 7.39. The zero-order chi connectivity index (χ0) is 21.3. The average Bonchev–Trinajstić information content (AvgIpc) is 3.12. The first-order valence-electron chi connectivity index (χ1n) is 9.74. The van der Waals surface area contributed by atoms with Crippen LogP contribution in [0.25, 0.3) is 11.1 Å². The number of fused-ring (bicyclic) bond motifs is 2. The van der Waals surface area contributed by atoms with Crippen molar-refractivity contribution in [2.75, 3.05) is 11.9 Å². The van der Waals surface area contributed by atoms with E-state index in [-0.39, 0.29) is 18.2 Å². The fourth-order valence-corrected chi connectivity index (χ4v) is 3.99. The Labute approximate surface area is 172 Å².